The Bertz CT molecular complexity index is 810. The molecule has 166 valence electrons. The molecule has 2 aromatic carbocycles. The van der Waals surface area contributed by atoms with Crippen LogP contribution in [-0.2, 0) is 11.3 Å². The van der Waals surface area contributed by atoms with Crippen molar-refractivity contribution in [3.8, 4) is 11.5 Å². The number of guanidine groups is 1. The molecule has 0 fully saturated rings. The van der Waals surface area contributed by atoms with Crippen LogP contribution >= 0.6 is 24.0 Å². The molecule has 6 nitrogen and oxygen atoms in total. The van der Waals surface area contributed by atoms with Gasteiger partial charge in [-0.15, -0.1) is 24.0 Å². The van der Waals surface area contributed by atoms with Crippen LogP contribution in [-0.4, -0.2) is 39.9 Å². The SMILES string of the molecule is CN=C(NCc1c(F)cccc1OC(F)F)Nc1cccc(OCCCOC)c1.I. The summed E-state index contributed by atoms with van der Waals surface area (Å²) in [5.74, 6) is 0.114. The number of aliphatic imine (C=N–C) groups is 1. The number of anilines is 1. The van der Waals surface area contributed by atoms with E-state index in [0.29, 0.717) is 30.6 Å². The van der Waals surface area contributed by atoms with Gasteiger partial charge in [0.05, 0.1) is 6.61 Å². The molecule has 0 atom stereocenters. The van der Waals surface area contributed by atoms with Crippen molar-refractivity contribution < 1.29 is 27.4 Å². The van der Waals surface area contributed by atoms with E-state index in [1.165, 1.54) is 18.2 Å². The molecule has 0 spiro atoms. The zero-order chi connectivity index (χ0) is 21.1. The number of ether oxygens (including phenoxy) is 3. The van der Waals surface area contributed by atoms with E-state index in [4.69, 9.17) is 9.47 Å². The second kappa shape index (κ2) is 13.9. The third-order valence-electron chi connectivity index (χ3n) is 3.81. The maximum Gasteiger partial charge on any atom is 0.387 e. The van der Waals surface area contributed by atoms with Crippen molar-refractivity contribution in [1.82, 2.24) is 5.32 Å². The molecule has 0 aromatic heterocycles. The van der Waals surface area contributed by atoms with E-state index in [9.17, 15) is 13.2 Å². The van der Waals surface area contributed by atoms with Crippen LogP contribution in [0.5, 0.6) is 11.5 Å². The van der Waals surface area contributed by atoms with Crippen molar-refractivity contribution in [1.29, 1.82) is 0 Å². The van der Waals surface area contributed by atoms with Crippen LogP contribution < -0.4 is 20.1 Å². The lowest BCUT2D eigenvalue weighted by molar-refractivity contribution is -0.0506. The molecule has 0 saturated carbocycles. The monoisotopic (exact) mass is 539 g/mol. The molecule has 0 bridgehead atoms. The first kappa shape index (κ1) is 25.8. The molecule has 2 N–H and O–H groups in total. The number of hydrogen-bond acceptors (Lipinski definition) is 4. The number of methoxy groups -OCH3 is 1. The van der Waals surface area contributed by atoms with Gasteiger partial charge in [-0.05, 0) is 24.3 Å². The van der Waals surface area contributed by atoms with Crippen LogP contribution in [0, 0.1) is 5.82 Å². The fraction of sp³-hybridized carbons (Fsp3) is 0.350. The first-order chi connectivity index (χ1) is 14.0. The van der Waals surface area contributed by atoms with Crippen LogP contribution in [0.25, 0.3) is 0 Å². The molecule has 10 heteroatoms. The van der Waals surface area contributed by atoms with Crippen LogP contribution in [0.15, 0.2) is 47.5 Å². The molecule has 2 rings (SSSR count). The van der Waals surface area contributed by atoms with E-state index in [1.807, 2.05) is 18.2 Å². The van der Waals surface area contributed by atoms with E-state index in [2.05, 4.69) is 20.4 Å². The summed E-state index contributed by atoms with van der Waals surface area (Å²) in [5, 5.41) is 5.93. The molecular formula is C20H25F3IN3O3. The first-order valence-electron chi connectivity index (χ1n) is 8.95. The Morgan fingerprint density at radius 2 is 1.90 bits per heavy atom. The van der Waals surface area contributed by atoms with E-state index in [0.717, 1.165) is 6.42 Å². The highest BCUT2D eigenvalue weighted by Crippen LogP contribution is 2.23. The predicted molar refractivity (Wildman–Crippen MR) is 121 cm³/mol. The molecule has 0 radical (unpaired) electrons. The van der Waals surface area contributed by atoms with Crippen LogP contribution in [0.2, 0.25) is 0 Å². The Kier molecular flexibility index (Phi) is 12.0. The Hall–Kier alpha value is -2.21. The van der Waals surface area contributed by atoms with Crippen molar-refractivity contribution in [2.75, 3.05) is 32.7 Å². The number of alkyl halides is 2. The lowest BCUT2D eigenvalue weighted by atomic mass is 10.2. The lowest BCUT2D eigenvalue weighted by Gasteiger charge is -2.15. The minimum absolute atomic E-state index is 0. The van der Waals surface area contributed by atoms with Gasteiger partial charge in [-0.25, -0.2) is 4.39 Å². The van der Waals surface area contributed by atoms with Crippen molar-refractivity contribution in [3.63, 3.8) is 0 Å². The van der Waals surface area contributed by atoms with E-state index < -0.39 is 12.4 Å². The summed E-state index contributed by atoms with van der Waals surface area (Å²) in [6.45, 7) is -2.01. The number of nitrogens with zero attached hydrogens (tertiary/aromatic N) is 1. The van der Waals surface area contributed by atoms with Gasteiger partial charge < -0.3 is 24.8 Å². The van der Waals surface area contributed by atoms with Crippen LogP contribution in [0.4, 0.5) is 18.9 Å². The Morgan fingerprint density at radius 1 is 1.13 bits per heavy atom. The summed E-state index contributed by atoms with van der Waals surface area (Å²) >= 11 is 0. The topological polar surface area (TPSA) is 64.1 Å². The maximum atomic E-state index is 14.1. The summed E-state index contributed by atoms with van der Waals surface area (Å²) in [6.07, 6.45) is 0.767. The summed E-state index contributed by atoms with van der Waals surface area (Å²) in [4.78, 5) is 4.06. The molecule has 0 aliphatic rings. The standard InChI is InChI=1S/C20H24F3N3O3.HI/c1-24-20(25-13-16-17(21)8-4-9-18(16)29-19(22)23)26-14-6-3-7-15(12-14)28-11-5-10-27-2;/h3-4,6-9,12,19H,5,10-11,13H2,1-2H3,(H2,24,25,26);1H. The van der Waals surface area contributed by atoms with Gasteiger partial charge in [-0.3, -0.25) is 4.99 Å². The third-order valence-corrected chi connectivity index (χ3v) is 3.81. The Morgan fingerprint density at radius 3 is 2.60 bits per heavy atom. The molecule has 0 unspecified atom stereocenters. The van der Waals surface area contributed by atoms with E-state index in [-0.39, 0.29) is 41.8 Å². The Labute approximate surface area is 190 Å². The van der Waals surface area contributed by atoms with Gasteiger partial charge >= 0.3 is 6.61 Å². The highest BCUT2D eigenvalue weighted by Gasteiger charge is 2.14. The molecule has 0 saturated heterocycles. The smallest absolute Gasteiger partial charge is 0.387 e. The minimum Gasteiger partial charge on any atom is -0.493 e. The van der Waals surface area contributed by atoms with Crippen molar-refractivity contribution in [2.45, 2.75) is 19.6 Å². The molecule has 30 heavy (non-hydrogen) atoms. The fourth-order valence-electron chi connectivity index (χ4n) is 2.46. The highest BCUT2D eigenvalue weighted by molar-refractivity contribution is 14.0. The van der Waals surface area contributed by atoms with Crippen molar-refractivity contribution >= 4 is 35.6 Å². The second-order valence-corrected chi connectivity index (χ2v) is 5.87. The van der Waals surface area contributed by atoms with Crippen molar-refractivity contribution in [2.24, 2.45) is 4.99 Å². The lowest BCUT2D eigenvalue weighted by Crippen LogP contribution is -2.30. The number of nitrogens with one attached hydrogen (secondary N) is 2. The normalized spacial score (nSPS) is 11.1. The largest absolute Gasteiger partial charge is 0.493 e. The summed E-state index contributed by atoms with van der Waals surface area (Å²) in [5.41, 5.74) is 0.672. The van der Waals surface area contributed by atoms with Crippen LogP contribution in [0.3, 0.4) is 0 Å². The third kappa shape index (κ3) is 8.66. The van der Waals surface area contributed by atoms with Gasteiger partial charge in [0.2, 0.25) is 0 Å². The minimum atomic E-state index is -3.04. The fourth-order valence-corrected chi connectivity index (χ4v) is 2.46. The number of benzene rings is 2. The van der Waals surface area contributed by atoms with Gasteiger partial charge in [0, 0.05) is 51.0 Å². The summed E-state index contributed by atoms with van der Waals surface area (Å²) < 4.78 is 54.1. The molecule has 0 aliphatic carbocycles. The Balaban J connectivity index is 0.00000450. The summed E-state index contributed by atoms with van der Waals surface area (Å²) in [6, 6.07) is 11.0. The average Bonchev–Trinajstić information content (AvgIpc) is 2.70. The van der Waals surface area contributed by atoms with E-state index in [1.54, 1.807) is 20.2 Å². The van der Waals surface area contributed by atoms with Gasteiger partial charge in [0.1, 0.15) is 17.3 Å². The number of halogens is 4. The molecule has 2 aromatic rings. The highest BCUT2D eigenvalue weighted by atomic mass is 127. The van der Waals surface area contributed by atoms with Crippen LogP contribution in [0.1, 0.15) is 12.0 Å². The first-order valence-corrected chi connectivity index (χ1v) is 8.95. The van der Waals surface area contributed by atoms with E-state index >= 15 is 0 Å². The van der Waals surface area contributed by atoms with Gasteiger partial charge in [-0.1, -0.05) is 12.1 Å². The summed E-state index contributed by atoms with van der Waals surface area (Å²) in [7, 11) is 3.17. The molecule has 0 heterocycles. The van der Waals surface area contributed by atoms with Gasteiger partial charge in [-0.2, -0.15) is 8.78 Å². The zero-order valence-corrected chi connectivity index (χ0v) is 19.0. The van der Waals surface area contributed by atoms with Crippen molar-refractivity contribution in [3.05, 3.63) is 53.8 Å². The number of rotatable bonds is 10. The second-order valence-electron chi connectivity index (χ2n) is 5.87. The van der Waals surface area contributed by atoms with Gasteiger partial charge in [0.25, 0.3) is 0 Å². The maximum absolute atomic E-state index is 14.1. The van der Waals surface area contributed by atoms with Gasteiger partial charge in [0.15, 0.2) is 5.96 Å². The quantitative estimate of drug-likeness (QED) is 0.199. The average molecular weight is 539 g/mol. The molecular weight excluding hydrogens is 514 g/mol. The molecule has 0 aliphatic heterocycles. The predicted octanol–water partition coefficient (Wildman–Crippen LogP) is 4.65. The zero-order valence-electron chi connectivity index (χ0n) is 16.7. The molecule has 0 amide bonds. The number of hydrogen-bond donors (Lipinski definition) is 2.